The van der Waals surface area contributed by atoms with Gasteiger partial charge in [0.1, 0.15) is 0 Å². The van der Waals surface area contributed by atoms with Crippen molar-refractivity contribution in [2.24, 2.45) is 0 Å². The summed E-state index contributed by atoms with van der Waals surface area (Å²) in [4.78, 5) is 0. The molecule has 0 fully saturated rings. The lowest BCUT2D eigenvalue weighted by Gasteiger charge is -2.22. The van der Waals surface area contributed by atoms with Gasteiger partial charge in [-0.05, 0) is 91.4 Å². The Morgan fingerprint density at radius 3 is 1.93 bits per heavy atom. The van der Waals surface area contributed by atoms with E-state index < -0.39 is 0 Å². The molecule has 0 radical (unpaired) electrons. The van der Waals surface area contributed by atoms with Crippen molar-refractivity contribution in [3.63, 3.8) is 0 Å². The van der Waals surface area contributed by atoms with Gasteiger partial charge in [-0.15, -0.1) is 0 Å². The lowest BCUT2D eigenvalue weighted by Crippen LogP contribution is -2.15. The van der Waals surface area contributed by atoms with Crippen molar-refractivity contribution in [2.45, 2.75) is 32.1 Å². The Labute approximate surface area is 245 Å². The van der Waals surface area contributed by atoms with E-state index in [1.807, 2.05) is 0 Å². The number of hydrogen-bond acceptors (Lipinski definition) is 0. The molecule has 0 saturated carbocycles. The third kappa shape index (κ3) is 2.65. The van der Waals surface area contributed by atoms with E-state index in [0.717, 1.165) is 12.8 Å². The molecule has 42 heavy (non-hydrogen) atoms. The average Bonchev–Trinajstić information content (AvgIpc) is 3.74. The minimum atomic E-state index is -0.0399. The number of hydrogen-bond donors (Lipinski definition) is 0. The Bertz CT molecular complexity index is 2330. The van der Waals surface area contributed by atoms with Gasteiger partial charge in [-0.3, -0.25) is 0 Å². The monoisotopic (exact) mass is 535 g/mol. The lowest BCUT2D eigenvalue weighted by molar-refractivity contribution is 0.660. The van der Waals surface area contributed by atoms with Crippen molar-refractivity contribution in [1.82, 2.24) is 4.57 Å². The molecular weight excluding hydrogens is 506 g/mol. The quantitative estimate of drug-likeness (QED) is 0.197. The molecule has 0 amide bonds. The first kappa shape index (κ1) is 22.8. The SMILES string of the molecule is CC1(C)c2ccccc2-c2ccc(-n3c4ccccc4c4c5c(c6c(c43)Cc3ccccc3-6)-c3ccccc3C5)cc21. The number of benzene rings is 6. The van der Waals surface area contributed by atoms with Crippen LogP contribution < -0.4 is 0 Å². The summed E-state index contributed by atoms with van der Waals surface area (Å²) >= 11 is 0. The van der Waals surface area contributed by atoms with Crippen LogP contribution in [0.2, 0.25) is 0 Å². The zero-order valence-electron chi connectivity index (χ0n) is 23.8. The van der Waals surface area contributed by atoms with Crippen LogP contribution in [-0.2, 0) is 18.3 Å². The Morgan fingerprint density at radius 1 is 0.548 bits per heavy atom. The summed E-state index contributed by atoms with van der Waals surface area (Å²) in [6.45, 7) is 4.76. The van der Waals surface area contributed by atoms with Crippen LogP contribution in [0.15, 0.2) is 115 Å². The van der Waals surface area contributed by atoms with Crippen molar-refractivity contribution in [1.29, 1.82) is 0 Å². The molecule has 0 bridgehead atoms. The maximum absolute atomic E-state index is 2.60. The molecule has 0 saturated heterocycles. The highest BCUT2D eigenvalue weighted by Gasteiger charge is 2.37. The van der Waals surface area contributed by atoms with E-state index in [1.165, 1.54) is 94.3 Å². The summed E-state index contributed by atoms with van der Waals surface area (Å²) in [6.07, 6.45) is 1.95. The second kappa shape index (κ2) is 7.69. The smallest absolute Gasteiger partial charge is 0.0585 e. The van der Waals surface area contributed by atoms with Gasteiger partial charge in [0.05, 0.1) is 11.0 Å². The van der Waals surface area contributed by atoms with Gasteiger partial charge in [0.15, 0.2) is 0 Å². The van der Waals surface area contributed by atoms with Crippen LogP contribution in [0.4, 0.5) is 0 Å². The molecule has 0 aliphatic heterocycles. The molecule has 1 heteroatoms. The maximum Gasteiger partial charge on any atom is 0.0585 e. The zero-order valence-corrected chi connectivity index (χ0v) is 23.8. The number of nitrogens with zero attached hydrogens (tertiary/aromatic N) is 1. The van der Waals surface area contributed by atoms with Crippen molar-refractivity contribution in [2.75, 3.05) is 0 Å². The molecular formula is C41H29N. The molecule has 10 rings (SSSR count). The van der Waals surface area contributed by atoms with Gasteiger partial charge in [0, 0.05) is 28.3 Å². The first-order chi connectivity index (χ1) is 20.6. The highest BCUT2D eigenvalue weighted by atomic mass is 15.0. The van der Waals surface area contributed by atoms with Gasteiger partial charge < -0.3 is 4.57 Å². The average molecular weight is 536 g/mol. The van der Waals surface area contributed by atoms with E-state index in [2.05, 4.69) is 134 Å². The van der Waals surface area contributed by atoms with Crippen LogP contribution in [0.1, 0.15) is 47.2 Å². The Kier molecular flexibility index (Phi) is 4.17. The van der Waals surface area contributed by atoms with E-state index in [0.29, 0.717) is 0 Å². The highest BCUT2D eigenvalue weighted by Crippen LogP contribution is 2.55. The summed E-state index contributed by atoms with van der Waals surface area (Å²) in [5, 5.41) is 2.80. The van der Waals surface area contributed by atoms with Crippen molar-refractivity contribution in [3.05, 3.63) is 149 Å². The summed E-state index contributed by atoms with van der Waals surface area (Å²) in [7, 11) is 0. The molecule has 7 aromatic rings. The third-order valence-electron chi connectivity index (χ3n) is 10.4. The molecule has 6 aromatic carbocycles. The maximum atomic E-state index is 2.60. The van der Waals surface area contributed by atoms with Gasteiger partial charge >= 0.3 is 0 Å². The standard InChI is InChI=1S/C41H29N/c1-41(2)34-17-9-7-15-29(34)30-20-19-26(23-35(30)41)42-36-18-10-8-16-31(36)39-32-21-24-11-3-5-13-27(24)37(32)38-28-14-6-4-12-25(28)22-33(38)40(39)42/h3-20,23H,21-22H2,1-2H3. The third-order valence-corrected chi connectivity index (χ3v) is 10.4. The fraction of sp³-hybridized carbons (Fsp3) is 0.122. The molecule has 1 nitrogen and oxygen atoms in total. The number of para-hydroxylation sites is 1. The van der Waals surface area contributed by atoms with Crippen LogP contribution in [0.5, 0.6) is 0 Å². The van der Waals surface area contributed by atoms with Crippen LogP contribution >= 0.6 is 0 Å². The topological polar surface area (TPSA) is 4.93 Å². The van der Waals surface area contributed by atoms with E-state index in [9.17, 15) is 0 Å². The molecule has 198 valence electrons. The number of aromatic nitrogens is 1. The van der Waals surface area contributed by atoms with Gasteiger partial charge in [0.2, 0.25) is 0 Å². The molecule has 0 spiro atoms. The van der Waals surface area contributed by atoms with Gasteiger partial charge in [-0.25, -0.2) is 0 Å². The molecule has 0 N–H and O–H groups in total. The summed E-state index contributed by atoms with van der Waals surface area (Å²) in [5.41, 5.74) is 21.1. The molecule has 3 aliphatic carbocycles. The number of fused-ring (bicyclic) bond motifs is 15. The fourth-order valence-corrected chi connectivity index (χ4v) is 8.64. The second-order valence-corrected chi connectivity index (χ2v) is 12.9. The van der Waals surface area contributed by atoms with Gasteiger partial charge in [0.25, 0.3) is 0 Å². The predicted molar refractivity (Wildman–Crippen MR) is 175 cm³/mol. The Morgan fingerprint density at radius 2 is 1.14 bits per heavy atom. The molecule has 1 aromatic heterocycles. The first-order valence-corrected chi connectivity index (χ1v) is 15.1. The molecule has 0 atom stereocenters. The Balaban J connectivity index is 1.35. The normalized spacial score (nSPS) is 14.9. The summed E-state index contributed by atoms with van der Waals surface area (Å²) in [5.74, 6) is 0. The first-order valence-electron chi connectivity index (χ1n) is 15.1. The van der Waals surface area contributed by atoms with Crippen LogP contribution in [0.25, 0.3) is 60.9 Å². The predicted octanol–water partition coefficient (Wildman–Crippen LogP) is 10.2. The van der Waals surface area contributed by atoms with Gasteiger partial charge in [-0.1, -0.05) is 111 Å². The number of rotatable bonds is 1. The minimum absolute atomic E-state index is 0.0399. The van der Waals surface area contributed by atoms with Gasteiger partial charge in [-0.2, -0.15) is 0 Å². The molecule has 1 heterocycles. The van der Waals surface area contributed by atoms with Crippen LogP contribution in [0, 0.1) is 0 Å². The fourth-order valence-electron chi connectivity index (χ4n) is 8.64. The van der Waals surface area contributed by atoms with Crippen molar-refractivity contribution >= 4 is 21.8 Å². The van der Waals surface area contributed by atoms with Crippen LogP contribution in [0.3, 0.4) is 0 Å². The molecule has 3 aliphatic rings. The Hall–Kier alpha value is -4.88. The summed E-state index contributed by atoms with van der Waals surface area (Å²) < 4.78 is 2.60. The highest BCUT2D eigenvalue weighted by molar-refractivity contribution is 6.18. The second-order valence-electron chi connectivity index (χ2n) is 12.9. The van der Waals surface area contributed by atoms with E-state index >= 15 is 0 Å². The van der Waals surface area contributed by atoms with Crippen molar-refractivity contribution in [3.8, 4) is 39.1 Å². The lowest BCUT2D eigenvalue weighted by atomic mass is 9.82. The zero-order chi connectivity index (χ0) is 27.7. The molecule has 0 unspecified atom stereocenters. The van der Waals surface area contributed by atoms with Crippen LogP contribution in [-0.4, -0.2) is 4.57 Å². The largest absolute Gasteiger partial charge is 0.309 e. The minimum Gasteiger partial charge on any atom is -0.309 e. The van der Waals surface area contributed by atoms with E-state index in [1.54, 1.807) is 0 Å². The van der Waals surface area contributed by atoms with E-state index in [-0.39, 0.29) is 5.41 Å². The van der Waals surface area contributed by atoms with E-state index in [4.69, 9.17) is 0 Å². The van der Waals surface area contributed by atoms with Crippen molar-refractivity contribution < 1.29 is 0 Å². The summed E-state index contributed by atoms with van der Waals surface area (Å²) in [6, 6.07) is 43.4.